The van der Waals surface area contributed by atoms with Crippen molar-refractivity contribution in [2.24, 2.45) is 7.05 Å². The Morgan fingerprint density at radius 3 is 2.71 bits per heavy atom. The molecule has 0 aliphatic heterocycles. The van der Waals surface area contributed by atoms with Gasteiger partial charge < -0.3 is 15.0 Å². The Morgan fingerprint density at radius 1 is 1.29 bits per heavy atom. The molecule has 1 heterocycles. The number of amides is 1. The third kappa shape index (κ3) is 4.61. The number of aryl methyl sites for hydroxylation is 1. The van der Waals surface area contributed by atoms with Crippen molar-refractivity contribution in [3.63, 3.8) is 0 Å². The Kier molecular flexibility index (Phi) is 5.35. The number of rotatable bonds is 6. The molecule has 21 heavy (non-hydrogen) atoms. The summed E-state index contributed by atoms with van der Waals surface area (Å²) in [6, 6.07) is 13.4. The van der Waals surface area contributed by atoms with E-state index in [4.69, 9.17) is 0 Å². The number of carbonyl (C=O) groups is 1. The van der Waals surface area contributed by atoms with Crippen LogP contribution in [0.5, 0.6) is 0 Å². The van der Waals surface area contributed by atoms with E-state index in [1.165, 1.54) is 6.08 Å². The highest BCUT2D eigenvalue weighted by Crippen LogP contribution is 2.15. The molecule has 4 heteroatoms. The second-order valence-corrected chi connectivity index (χ2v) is 4.88. The van der Waals surface area contributed by atoms with Crippen molar-refractivity contribution in [3.8, 4) is 0 Å². The van der Waals surface area contributed by atoms with Crippen molar-refractivity contribution in [1.82, 2.24) is 9.88 Å². The highest BCUT2D eigenvalue weighted by Gasteiger charge is 2.10. The van der Waals surface area contributed by atoms with E-state index in [1.807, 2.05) is 60.3 Å². The first-order chi connectivity index (χ1) is 10.2. The van der Waals surface area contributed by atoms with Crippen molar-refractivity contribution < 1.29 is 9.90 Å². The molecular formula is C17H20N2O2. The van der Waals surface area contributed by atoms with Gasteiger partial charge in [0.15, 0.2) is 0 Å². The molecule has 0 saturated carbocycles. The maximum atomic E-state index is 11.7. The molecule has 2 aromatic rings. The molecule has 0 radical (unpaired) electrons. The summed E-state index contributed by atoms with van der Waals surface area (Å²) in [7, 11) is 1.89. The van der Waals surface area contributed by atoms with E-state index in [0.717, 1.165) is 11.3 Å². The predicted octanol–water partition coefficient (Wildman–Crippen LogP) is 2.28. The molecule has 2 N–H and O–H groups in total. The van der Waals surface area contributed by atoms with Crippen molar-refractivity contribution in [2.75, 3.05) is 6.54 Å². The normalized spacial score (nSPS) is 12.5. The number of nitrogens with zero attached hydrogens (tertiary/aromatic N) is 1. The van der Waals surface area contributed by atoms with E-state index in [-0.39, 0.29) is 5.91 Å². The largest absolute Gasteiger partial charge is 0.387 e. The molecule has 1 amide bonds. The molecule has 4 nitrogen and oxygen atoms in total. The van der Waals surface area contributed by atoms with E-state index < -0.39 is 6.10 Å². The Labute approximate surface area is 124 Å². The van der Waals surface area contributed by atoms with Gasteiger partial charge in [0.05, 0.1) is 6.10 Å². The van der Waals surface area contributed by atoms with Crippen LogP contribution in [0.25, 0.3) is 6.08 Å². The lowest BCUT2D eigenvalue weighted by Crippen LogP contribution is -2.23. The van der Waals surface area contributed by atoms with E-state index in [9.17, 15) is 9.90 Å². The number of hydrogen-bond acceptors (Lipinski definition) is 2. The lowest BCUT2D eigenvalue weighted by Gasteiger charge is -2.11. The molecule has 1 atom stereocenters. The van der Waals surface area contributed by atoms with Crippen molar-refractivity contribution in [1.29, 1.82) is 0 Å². The smallest absolute Gasteiger partial charge is 0.244 e. The summed E-state index contributed by atoms with van der Waals surface area (Å²) in [5.41, 5.74) is 1.83. The molecule has 1 aromatic carbocycles. The summed E-state index contributed by atoms with van der Waals surface area (Å²) in [4.78, 5) is 11.7. The predicted molar refractivity (Wildman–Crippen MR) is 83.5 cm³/mol. The fraction of sp³-hybridized carbons (Fsp3) is 0.235. The molecule has 0 bridgehead atoms. The summed E-state index contributed by atoms with van der Waals surface area (Å²) < 4.78 is 1.88. The maximum absolute atomic E-state index is 11.7. The summed E-state index contributed by atoms with van der Waals surface area (Å²) >= 11 is 0. The highest BCUT2D eigenvalue weighted by molar-refractivity contribution is 5.91. The molecular weight excluding hydrogens is 264 g/mol. The van der Waals surface area contributed by atoms with Crippen molar-refractivity contribution in [2.45, 2.75) is 12.5 Å². The van der Waals surface area contributed by atoms with Gasteiger partial charge in [-0.2, -0.15) is 0 Å². The van der Waals surface area contributed by atoms with E-state index in [0.29, 0.717) is 13.0 Å². The Morgan fingerprint density at radius 2 is 2.05 bits per heavy atom. The summed E-state index contributed by atoms with van der Waals surface area (Å²) in [6.45, 7) is 0.435. The molecule has 2 rings (SSSR count). The molecule has 0 aliphatic carbocycles. The number of hydrogen-bond donors (Lipinski definition) is 2. The average molecular weight is 284 g/mol. The quantitative estimate of drug-likeness (QED) is 0.800. The third-order valence-electron chi connectivity index (χ3n) is 3.27. The highest BCUT2D eigenvalue weighted by atomic mass is 16.3. The number of carbonyl (C=O) groups excluding carboxylic acids is 1. The van der Waals surface area contributed by atoms with Gasteiger partial charge in [0.1, 0.15) is 0 Å². The van der Waals surface area contributed by atoms with Crippen LogP contribution in [0.3, 0.4) is 0 Å². The van der Waals surface area contributed by atoms with Gasteiger partial charge in [0, 0.05) is 31.6 Å². The minimum atomic E-state index is -0.566. The maximum Gasteiger partial charge on any atom is 0.244 e. The zero-order valence-electron chi connectivity index (χ0n) is 12.1. The van der Waals surface area contributed by atoms with E-state index in [1.54, 1.807) is 6.08 Å². The zero-order valence-corrected chi connectivity index (χ0v) is 12.1. The second kappa shape index (κ2) is 7.45. The number of benzene rings is 1. The van der Waals surface area contributed by atoms with Crippen LogP contribution in [0.15, 0.2) is 54.7 Å². The first-order valence-corrected chi connectivity index (χ1v) is 6.97. The lowest BCUT2D eigenvalue weighted by molar-refractivity contribution is -0.116. The van der Waals surface area contributed by atoms with Gasteiger partial charge >= 0.3 is 0 Å². The Balaban J connectivity index is 1.75. The van der Waals surface area contributed by atoms with Gasteiger partial charge in [-0.1, -0.05) is 30.3 Å². The number of aliphatic hydroxyl groups excluding tert-OH is 1. The first kappa shape index (κ1) is 15.1. The van der Waals surface area contributed by atoms with Gasteiger partial charge in [0.25, 0.3) is 0 Å². The van der Waals surface area contributed by atoms with Gasteiger partial charge in [-0.3, -0.25) is 4.79 Å². The third-order valence-corrected chi connectivity index (χ3v) is 3.27. The van der Waals surface area contributed by atoms with Crippen LogP contribution in [0, 0.1) is 0 Å². The molecule has 110 valence electrons. The molecule has 0 spiro atoms. The van der Waals surface area contributed by atoms with Gasteiger partial charge in [0.2, 0.25) is 5.91 Å². The topological polar surface area (TPSA) is 54.3 Å². The standard InChI is InChI=1S/C17H20N2O2/c1-19-13-5-8-15(19)16(20)11-12-18-17(21)10-9-14-6-3-2-4-7-14/h2-10,13,16,20H,11-12H2,1H3,(H,18,21)/b10-9+. The van der Waals surface area contributed by atoms with Crippen LogP contribution >= 0.6 is 0 Å². The average Bonchev–Trinajstić information content (AvgIpc) is 2.92. The summed E-state index contributed by atoms with van der Waals surface area (Å²) in [5.74, 6) is -0.155. The second-order valence-electron chi connectivity index (χ2n) is 4.88. The molecule has 0 fully saturated rings. The summed E-state index contributed by atoms with van der Waals surface area (Å²) in [6.07, 6.45) is 5.08. The van der Waals surface area contributed by atoms with Gasteiger partial charge in [-0.15, -0.1) is 0 Å². The Hall–Kier alpha value is -2.33. The minimum Gasteiger partial charge on any atom is -0.387 e. The lowest BCUT2D eigenvalue weighted by atomic mass is 10.2. The van der Waals surface area contributed by atoms with Gasteiger partial charge in [-0.05, 0) is 30.2 Å². The van der Waals surface area contributed by atoms with Crippen molar-refractivity contribution >= 4 is 12.0 Å². The fourth-order valence-electron chi connectivity index (χ4n) is 2.10. The van der Waals surface area contributed by atoms with Crippen LogP contribution in [-0.2, 0) is 11.8 Å². The van der Waals surface area contributed by atoms with Crippen LogP contribution in [0.4, 0.5) is 0 Å². The molecule has 1 aromatic heterocycles. The van der Waals surface area contributed by atoms with Crippen LogP contribution in [0.1, 0.15) is 23.8 Å². The monoisotopic (exact) mass is 284 g/mol. The number of nitrogens with one attached hydrogen (secondary N) is 1. The molecule has 0 saturated heterocycles. The molecule has 1 unspecified atom stereocenters. The Bertz CT molecular complexity index is 602. The zero-order chi connectivity index (χ0) is 15.1. The van der Waals surface area contributed by atoms with E-state index in [2.05, 4.69) is 5.32 Å². The SMILES string of the molecule is Cn1cccc1C(O)CCNC(=O)/C=C/c1ccccc1. The minimum absolute atomic E-state index is 0.155. The fourth-order valence-corrected chi connectivity index (χ4v) is 2.10. The number of aliphatic hydroxyl groups is 1. The van der Waals surface area contributed by atoms with Crippen molar-refractivity contribution in [3.05, 3.63) is 66.0 Å². The first-order valence-electron chi connectivity index (χ1n) is 6.97. The van der Waals surface area contributed by atoms with Crippen LogP contribution < -0.4 is 5.32 Å². The van der Waals surface area contributed by atoms with Crippen LogP contribution in [-0.4, -0.2) is 22.1 Å². The van der Waals surface area contributed by atoms with E-state index >= 15 is 0 Å². The van der Waals surface area contributed by atoms with Gasteiger partial charge in [-0.25, -0.2) is 0 Å². The molecule has 0 aliphatic rings. The number of aromatic nitrogens is 1. The van der Waals surface area contributed by atoms with Crippen LogP contribution in [0.2, 0.25) is 0 Å². The summed E-state index contributed by atoms with van der Waals surface area (Å²) in [5, 5.41) is 12.8.